The maximum Gasteiger partial charge on any atom is 0.250 e. The summed E-state index contributed by atoms with van der Waals surface area (Å²) in [5, 5.41) is 0.243. The van der Waals surface area contributed by atoms with Crippen molar-refractivity contribution in [2.45, 2.75) is 40.7 Å². The lowest BCUT2D eigenvalue weighted by Gasteiger charge is -2.11. The number of benzene rings is 1. The number of pyridine rings is 1. The van der Waals surface area contributed by atoms with Crippen LogP contribution >= 0.6 is 11.6 Å². The Morgan fingerprint density at radius 3 is 2.45 bits per heavy atom. The van der Waals surface area contributed by atoms with Crippen molar-refractivity contribution in [1.29, 1.82) is 0 Å². The Bertz CT molecular complexity index is 612. The summed E-state index contributed by atoms with van der Waals surface area (Å²) in [5.41, 5.74) is 1.70. The zero-order valence-corrected chi connectivity index (χ0v) is 14.0. The van der Waals surface area contributed by atoms with E-state index in [2.05, 4.69) is 4.98 Å². The van der Waals surface area contributed by atoms with Gasteiger partial charge in [0.1, 0.15) is 12.4 Å². The Labute approximate surface area is 135 Å². The van der Waals surface area contributed by atoms with Crippen molar-refractivity contribution >= 4 is 11.6 Å². The summed E-state index contributed by atoms with van der Waals surface area (Å²) in [6.07, 6.45) is 0.690. The molecule has 0 aliphatic heterocycles. The fourth-order valence-electron chi connectivity index (χ4n) is 1.87. The molecule has 0 amide bonds. The van der Waals surface area contributed by atoms with Gasteiger partial charge in [0.25, 0.3) is 5.88 Å². The van der Waals surface area contributed by atoms with Crippen molar-refractivity contribution in [2.24, 2.45) is 0 Å². The van der Waals surface area contributed by atoms with Crippen molar-refractivity contribution in [3.63, 3.8) is 0 Å². The van der Waals surface area contributed by atoms with E-state index >= 15 is 0 Å². The van der Waals surface area contributed by atoms with E-state index in [-0.39, 0.29) is 23.1 Å². The first kappa shape index (κ1) is 18.4. The highest BCUT2D eigenvalue weighted by molar-refractivity contribution is 6.31. The number of halogens is 3. The Morgan fingerprint density at radius 1 is 1.18 bits per heavy atom. The van der Waals surface area contributed by atoms with E-state index in [1.807, 2.05) is 20.8 Å². The second kappa shape index (κ2) is 8.69. The SMILES string of the molecule is CC.CCc1cc(F)c(OCc2c(F)cccc2Cl)nc1C. The Kier molecular flexibility index (Phi) is 7.25. The van der Waals surface area contributed by atoms with E-state index in [1.54, 1.807) is 13.0 Å². The molecular weight excluding hydrogens is 308 g/mol. The van der Waals surface area contributed by atoms with E-state index in [0.29, 0.717) is 12.1 Å². The normalized spacial score (nSPS) is 9.95. The molecule has 1 aromatic carbocycles. The molecule has 1 aromatic heterocycles. The molecule has 0 aliphatic carbocycles. The maximum absolute atomic E-state index is 13.8. The quantitative estimate of drug-likeness (QED) is 0.740. The van der Waals surface area contributed by atoms with Gasteiger partial charge in [0, 0.05) is 11.3 Å². The lowest BCUT2D eigenvalue weighted by Crippen LogP contribution is -2.04. The minimum absolute atomic E-state index is 0.140. The number of aryl methyl sites for hydroxylation is 2. The van der Waals surface area contributed by atoms with Crippen molar-refractivity contribution in [1.82, 2.24) is 4.98 Å². The molecule has 0 unspecified atom stereocenters. The number of ether oxygens (including phenoxy) is 1. The molecule has 0 atom stereocenters. The highest BCUT2D eigenvalue weighted by atomic mass is 35.5. The van der Waals surface area contributed by atoms with Gasteiger partial charge in [-0.05, 0) is 37.1 Å². The number of hydrogen-bond acceptors (Lipinski definition) is 2. The molecule has 0 spiro atoms. The van der Waals surface area contributed by atoms with Crippen molar-refractivity contribution < 1.29 is 13.5 Å². The number of hydrogen-bond donors (Lipinski definition) is 0. The zero-order valence-electron chi connectivity index (χ0n) is 13.2. The van der Waals surface area contributed by atoms with Gasteiger partial charge in [-0.3, -0.25) is 0 Å². The van der Waals surface area contributed by atoms with Crippen LogP contribution in [0, 0.1) is 18.6 Å². The average molecular weight is 328 g/mol. The van der Waals surface area contributed by atoms with Crippen LogP contribution in [0.15, 0.2) is 24.3 Å². The van der Waals surface area contributed by atoms with Gasteiger partial charge < -0.3 is 4.74 Å². The molecule has 2 nitrogen and oxygen atoms in total. The van der Waals surface area contributed by atoms with Crippen molar-refractivity contribution in [2.75, 3.05) is 0 Å². The fraction of sp³-hybridized carbons (Fsp3) is 0.353. The Hall–Kier alpha value is -1.68. The molecule has 0 saturated heterocycles. The highest BCUT2D eigenvalue weighted by Gasteiger charge is 2.12. The van der Waals surface area contributed by atoms with Gasteiger partial charge in [0.2, 0.25) is 0 Å². The van der Waals surface area contributed by atoms with Crippen LogP contribution in [-0.4, -0.2) is 4.98 Å². The topological polar surface area (TPSA) is 22.1 Å². The first-order valence-corrected chi connectivity index (χ1v) is 7.62. The monoisotopic (exact) mass is 327 g/mol. The van der Waals surface area contributed by atoms with E-state index in [1.165, 1.54) is 18.2 Å². The molecule has 0 saturated carbocycles. The number of aromatic nitrogens is 1. The minimum atomic E-state index is -0.556. The molecule has 0 bridgehead atoms. The molecule has 22 heavy (non-hydrogen) atoms. The Balaban J connectivity index is 0.00000116. The third-order valence-electron chi connectivity index (χ3n) is 3.04. The van der Waals surface area contributed by atoms with Crippen molar-refractivity contribution in [3.05, 3.63) is 57.7 Å². The largest absolute Gasteiger partial charge is 0.471 e. The molecule has 2 aromatic rings. The van der Waals surface area contributed by atoms with Crippen LogP contribution in [-0.2, 0) is 13.0 Å². The summed E-state index contributed by atoms with van der Waals surface area (Å²) < 4.78 is 32.6. The number of rotatable bonds is 4. The van der Waals surface area contributed by atoms with Crippen LogP contribution in [0.4, 0.5) is 8.78 Å². The second-order valence-electron chi connectivity index (χ2n) is 4.36. The van der Waals surface area contributed by atoms with Crippen molar-refractivity contribution in [3.8, 4) is 5.88 Å². The van der Waals surface area contributed by atoms with Crippen LogP contribution in [0.1, 0.15) is 37.6 Å². The van der Waals surface area contributed by atoms with Crippen LogP contribution in [0.2, 0.25) is 5.02 Å². The number of nitrogens with zero attached hydrogens (tertiary/aromatic N) is 1. The van der Waals surface area contributed by atoms with E-state index < -0.39 is 11.6 Å². The van der Waals surface area contributed by atoms with Gasteiger partial charge in [-0.15, -0.1) is 0 Å². The predicted molar refractivity (Wildman–Crippen MR) is 85.4 cm³/mol. The van der Waals surface area contributed by atoms with Crippen LogP contribution in [0.3, 0.4) is 0 Å². The molecule has 5 heteroatoms. The molecule has 2 rings (SSSR count). The first-order chi connectivity index (χ1) is 10.5. The summed E-state index contributed by atoms with van der Waals surface area (Å²) in [6.45, 7) is 7.53. The molecule has 1 heterocycles. The second-order valence-corrected chi connectivity index (χ2v) is 4.77. The van der Waals surface area contributed by atoms with Gasteiger partial charge >= 0.3 is 0 Å². The average Bonchev–Trinajstić information content (AvgIpc) is 2.51. The lowest BCUT2D eigenvalue weighted by molar-refractivity contribution is 0.271. The summed E-state index contributed by atoms with van der Waals surface area (Å²) in [4.78, 5) is 4.06. The zero-order chi connectivity index (χ0) is 16.7. The van der Waals surface area contributed by atoms with E-state index in [9.17, 15) is 8.78 Å². The first-order valence-electron chi connectivity index (χ1n) is 7.24. The van der Waals surface area contributed by atoms with Gasteiger partial charge in [-0.1, -0.05) is 38.4 Å². The molecule has 0 fully saturated rings. The summed E-state index contributed by atoms with van der Waals surface area (Å²) in [5.74, 6) is -1.18. The molecule has 120 valence electrons. The summed E-state index contributed by atoms with van der Waals surface area (Å²) in [7, 11) is 0. The molecule has 0 N–H and O–H groups in total. The summed E-state index contributed by atoms with van der Waals surface area (Å²) >= 11 is 5.88. The highest BCUT2D eigenvalue weighted by Crippen LogP contribution is 2.23. The van der Waals surface area contributed by atoms with Gasteiger partial charge in [-0.2, -0.15) is 0 Å². The molecular formula is C17H20ClF2NO. The third kappa shape index (κ3) is 4.41. The maximum atomic E-state index is 13.8. The van der Waals surface area contributed by atoms with Crippen LogP contribution < -0.4 is 4.74 Å². The van der Waals surface area contributed by atoms with E-state index in [4.69, 9.17) is 16.3 Å². The predicted octanol–water partition coefficient (Wildman–Crippen LogP) is 5.49. The van der Waals surface area contributed by atoms with Crippen LogP contribution in [0.25, 0.3) is 0 Å². The van der Waals surface area contributed by atoms with Gasteiger partial charge in [0.15, 0.2) is 5.82 Å². The fourth-order valence-corrected chi connectivity index (χ4v) is 2.08. The van der Waals surface area contributed by atoms with Crippen LogP contribution in [0.5, 0.6) is 5.88 Å². The molecule has 0 aliphatic rings. The minimum Gasteiger partial charge on any atom is -0.471 e. The molecule has 0 radical (unpaired) electrons. The Morgan fingerprint density at radius 2 is 1.86 bits per heavy atom. The summed E-state index contributed by atoms with van der Waals surface area (Å²) in [6, 6.07) is 5.72. The van der Waals surface area contributed by atoms with Gasteiger partial charge in [-0.25, -0.2) is 13.8 Å². The lowest BCUT2D eigenvalue weighted by atomic mass is 10.1. The standard InChI is InChI=1S/C15H14ClF2NO.C2H6/c1-3-10-7-14(18)15(19-9(10)2)20-8-11-12(16)5-4-6-13(11)17;1-2/h4-7H,3,8H2,1-2H3;1-2H3. The van der Waals surface area contributed by atoms with Gasteiger partial charge in [0.05, 0.1) is 5.02 Å². The smallest absolute Gasteiger partial charge is 0.250 e. The van der Waals surface area contributed by atoms with E-state index in [0.717, 1.165) is 5.56 Å². The third-order valence-corrected chi connectivity index (χ3v) is 3.39.